The number of thiazole rings is 1. The lowest BCUT2D eigenvalue weighted by atomic mass is 10.1. The molecule has 0 unspecified atom stereocenters. The number of hydrogen-bond acceptors (Lipinski definition) is 3. The van der Waals surface area contributed by atoms with Crippen LogP contribution in [-0.4, -0.2) is 20.5 Å². The topological polar surface area (TPSA) is 54.6 Å². The molecule has 2 aromatic heterocycles. The van der Waals surface area contributed by atoms with Gasteiger partial charge in [-0.2, -0.15) is 0 Å². The quantitative estimate of drug-likeness (QED) is 0.795. The van der Waals surface area contributed by atoms with E-state index in [0.29, 0.717) is 0 Å². The fraction of sp³-hybridized carbons (Fsp3) is 0.294. The number of aliphatic carboxylic acids is 1. The highest BCUT2D eigenvalue weighted by Crippen LogP contribution is 2.34. The Morgan fingerprint density at radius 1 is 1.27 bits per heavy atom. The van der Waals surface area contributed by atoms with Crippen LogP contribution in [0.15, 0.2) is 24.3 Å². The number of carbonyl (C=O) groups is 1. The average molecular weight is 314 g/mol. The number of benzene rings is 1. The van der Waals surface area contributed by atoms with Crippen LogP contribution in [0, 0.1) is 13.8 Å². The van der Waals surface area contributed by atoms with Crippen molar-refractivity contribution in [1.29, 1.82) is 0 Å². The summed E-state index contributed by atoms with van der Waals surface area (Å²) in [5, 5.41) is 9.18. The first-order chi connectivity index (χ1) is 10.5. The zero-order valence-corrected chi connectivity index (χ0v) is 13.7. The van der Waals surface area contributed by atoms with Crippen LogP contribution in [0.5, 0.6) is 0 Å². The van der Waals surface area contributed by atoms with Gasteiger partial charge in [0.25, 0.3) is 0 Å². The standard InChI is InChI=1S/C17H18N2O2S/c1-4-12-5-7-13(8-6-12)16-14(9-15(20)21)22-17-18-10(2)11(3)19(16)17/h5-8H,4,9H2,1-3H3,(H,20,21). The average Bonchev–Trinajstić information content (AvgIpc) is 2.95. The van der Waals surface area contributed by atoms with Gasteiger partial charge in [0.05, 0.1) is 17.8 Å². The van der Waals surface area contributed by atoms with E-state index >= 15 is 0 Å². The Kier molecular flexibility index (Phi) is 3.74. The Labute approximate surface area is 133 Å². The van der Waals surface area contributed by atoms with Crippen molar-refractivity contribution in [2.45, 2.75) is 33.6 Å². The lowest BCUT2D eigenvalue weighted by molar-refractivity contribution is -0.136. The largest absolute Gasteiger partial charge is 0.481 e. The van der Waals surface area contributed by atoms with Gasteiger partial charge in [-0.3, -0.25) is 9.20 Å². The second-order valence-electron chi connectivity index (χ2n) is 5.40. The molecule has 3 rings (SSSR count). The van der Waals surface area contributed by atoms with E-state index in [2.05, 4.69) is 40.6 Å². The van der Waals surface area contributed by atoms with Crippen molar-refractivity contribution in [3.63, 3.8) is 0 Å². The SMILES string of the molecule is CCc1ccc(-c2c(CC(=O)O)sc3nc(C)c(C)n23)cc1. The van der Waals surface area contributed by atoms with Crippen LogP contribution in [-0.2, 0) is 17.6 Å². The molecule has 0 fully saturated rings. The Balaban J connectivity index is 2.24. The van der Waals surface area contributed by atoms with Crippen molar-refractivity contribution in [3.8, 4) is 11.3 Å². The predicted molar refractivity (Wildman–Crippen MR) is 88.7 cm³/mol. The minimum absolute atomic E-state index is 0.0252. The molecule has 22 heavy (non-hydrogen) atoms. The van der Waals surface area contributed by atoms with Crippen LogP contribution in [0.25, 0.3) is 16.2 Å². The minimum Gasteiger partial charge on any atom is -0.481 e. The summed E-state index contributed by atoms with van der Waals surface area (Å²) in [5.41, 5.74) is 5.33. The van der Waals surface area contributed by atoms with Crippen molar-refractivity contribution in [1.82, 2.24) is 9.38 Å². The maximum atomic E-state index is 11.2. The normalized spacial score (nSPS) is 11.2. The van der Waals surface area contributed by atoms with Crippen LogP contribution >= 0.6 is 11.3 Å². The third-order valence-corrected chi connectivity index (χ3v) is 5.00. The van der Waals surface area contributed by atoms with Crippen molar-refractivity contribution >= 4 is 22.3 Å². The van der Waals surface area contributed by atoms with Crippen LogP contribution < -0.4 is 0 Å². The van der Waals surface area contributed by atoms with Gasteiger partial charge >= 0.3 is 5.97 Å². The predicted octanol–water partition coefficient (Wildman–Crippen LogP) is 3.87. The summed E-state index contributed by atoms with van der Waals surface area (Å²) in [7, 11) is 0. The van der Waals surface area contributed by atoms with E-state index in [1.807, 2.05) is 13.8 Å². The highest BCUT2D eigenvalue weighted by Gasteiger charge is 2.20. The highest BCUT2D eigenvalue weighted by atomic mass is 32.1. The van der Waals surface area contributed by atoms with Crippen molar-refractivity contribution < 1.29 is 9.90 Å². The second kappa shape index (κ2) is 5.57. The fourth-order valence-electron chi connectivity index (χ4n) is 2.64. The molecule has 2 heterocycles. The molecule has 1 aromatic carbocycles. The van der Waals surface area contributed by atoms with Gasteiger partial charge in [-0.25, -0.2) is 4.98 Å². The van der Waals surface area contributed by atoms with Crippen LogP contribution in [0.3, 0.4) is 0 Å². The summed E-state index contributed by atoms with van der Waals surface area (Å²) in [5.74, 6) is -0.815. The van der Waals surface area contributed by atoms with Gasteiger partial charge in [-0.15, -0.1) is 11.3 Å². The number of rotatable bonds is 4. The van der Waals surface area contributed by atoms with Gasteiger partial charge < -0.3 is 5.11 Å². The summed E-state index contributed by atoms with van der Waals surface area (Å²) in [4.78, 5) is 17.4. The molecule has 0 amide bonds. The first-order valence-electron chi connectivity index (χ1n) is 7.29. The summed E-state index contributed by atoms with van der Waals surface area (Å²) in [6.07, 6.45) is 1.02. The molecule has 0 atom stereocenters. The molecule has 0 saturated carbocycles. The third kappa shape index (κ3) is 2.41. The molecule has 114 valence electrons. The molecule has 0 bridgehead atoms. The molecule has 4 nitrogen and oxygen atoms in total. The van der Waals surface area contributed by atoms with Gasteiger partial charge in [0.1, 0.15) is 0 Å². The monoisotopic (exact) mass is 314 g/mol. The van der Waals surface area contributed by atoms with E-state index in [4.69, 9.17) is 0 Å². The number of aromatic nitrogens is 2. The first kappa shape index (κ1) is 14.8. The molecular formula is C17H18N2O2S. The Morgan fingerprint density at radius 3 is 2.55 bits per heavy atom. The minimum atomic E-state index is -0.815. The Morgan fingerprint density at radius 2 is 1.95 bits per heavy atom. The van der Waals surface area contributed by atoms with Crippen LogP contribution in [0.1, 0.15) is 28.8 Å². The number of fused-ring (bicyclic) bond motifs is 1. The zero-order chi connectivity index (χ0) is 15.9. The fourth-order valence-corrected chi connectivity index (χ4v) is 3.86. The number of carboxylic acid groups (broad SMARTS) is 1. The maximum absolute atomic E-state index is 11.2. The van der Waals surface area contributed by atoms with Crippen molar-refractivity contribution in [3.05, 3.63) is 46.1 Å². The zero-order valence-electron chi connectivity index (χ0n) is 12.9. The number of carboxylic acids is 1. The van der Waals surface area contributed by atoms with E-state index in [1.165, 1.54) is 16.9 Å². The maximum Gasteiger partial charge on any atom is 0.308 e. The van der Waals surface area contributed by atoms with Gasteiger partial charge in [-0.05, 0) is 31.4 Å². The van der Waals surface area contributed by atoms with Gasteiger partial charge in [0.2, 0.25) is 0 Å². The van der Waals surface area contributed by atoms with E-state index < -0.39 is 5.97 Å². The number of aryl methyl sites for hydroxylation is 3. The van der Waals surface area contributed by atoms with Crippen LogP contribution in [0.4, 0.5) is 0 Å². The smallest absolute Gasteiger partial charge is 0.308 e. The Bertz CT molecular complexity index is 844. The molecular weight excluding hydrogens is 296 g/mol. The molecule has 0 radical (unpaired) electrons. The van der Waals surface area contributed by atoms with Gasteiger partial charge in [0.15, 0.2) is 4.96 Å². The number of imidazole rings is 1. The third-order valence-electron chi connectivity index (χ3n) is 3.96. The van der Waals surface area contributed by atoms with E-state index in [1.54, 1.807) is 0 Å². The summed E-state index contributed by atoms with van der Waals surface area (Å²) in [6.45, 7) is 6.13. The summed E-state index contributed by atoms with van der Waals surface area (Å²) < 4.78 is 2.08. The molecule has 3 aromatic rings. The lowest BCUT2D eigenvalue weighted by Gasteiger charge is -2.07. The molecule has 0 saturated heterocycles. The molecule has 1 N–H and O–H groups in total. The van der Waals surface area contributed by atoms with E-state index in [0.717, 1.165) is 38.9 Å². The number of nitrogens with zero attached hydrogens (tertiary/aromatic N) is 2. The molecule has 0 aliphatic heterocycles. The number of hydrogen-bond donors (Lipinski definition) is 1. The van der Waals surface area contributed by atoms with Crippen LogP contribution in [0.2, 0.25) is 0 Å². The summed E-state index contributed by atoms with van der Waals surface area (Å²) in [6, 6.07) is 8.34. The van der Waals surface area contributed by atoms with E-state index in [9.17, 15) is 9.90 Å². The van der Waals surface area contributed by atoms with Gasteiger partial charge in [-0.1, -0.05) is 31.2 Å². The molecule has 0 aliphatic carbocycles. The van der Waals surface area contributed by atoms with E-state index in [-0.39, 0.29) is 6.42 Å². The molecule has 5 heteroatoms. The molecule has 0 aliphatic rings. The Hall–Kier alpha value is -2.14. The molecule has 0 spiro atoms. The van der Waals surface area contributed by atoms with Gasteiger partial charge in [0, 0.05) is 10.6 Å². The lowest BCUT2D eigenvalue weighted by Crippen LogP contribution is -2.01. The highest BCUT2D eigenvalue weighted by molar-refractivity contribution is 7.17. The first-order valence-corrected chi connectivity index (χ1v) is 8.11. The second-order valence-corrected chi connectivity index (χ2v) is 6.46. The van der Waals surface area contributed by atoms with Crippen molar-refractivity contribution in [2.24, 2.45) is 0 Å². The van der Waals surface area contributed by atoms with Crippen molar-refractivity contribution in [2.75, 3.05) is 0 Å². The summed E-state index contributed by atoms with van der Waals surface area (Å²) >= 11 is 1.46.